The molecule has 3 N–H and O–H groups in total. The maximum Gasteiger partial charge on any atom is 0.252 e. The Bertz CT molecular complexity index is 1010. The summed E-state index contributed by atoms with van der Waals surface area (Å²) < 4.78 is 10.8. The minimum atomic E-state index is -0.714. The minimum Gasteiger partial charge on any atom is -0.493 e. The van der Waals surface area contributed by atoms with Gasteiger partial charge in [-0.1, -0.05) is 24.3 Å². The number of H-pyrrole nitrogens is 1. The second-order valence-electron chi connectivity index (χ2n) is 6.86. The third kappa shape index (κ3) is 4.52. The van der Waals surface area contributed by atoms with Gasteiger partial charge in [0, 0.05) is 24.0 Å². The Morgan fingerprint density at radius 3 is 2.57 bits per heavy atom. The Morgan fingerprint density at radius 1 is 1.11 bits per heavy atom. The predicted octanol–water partition coefficient (Wildman–Crippen LogP) is 2.68. The molecule has 148 valence electrons. The van der Waals surface area contributed by atoms with E-state index in [0.29, 0.717) is 30.2 Å². The molecule has 6 nitrogen and oxygen atoms in total. The number of nitrogens with one attached hydrogen (secondary N) is 2. The average Bonchev–Trinajstić information content (AvgIpc) is 2.70. The topological polar surface area (TPSA) is 83.6 Å². The van der Waals surface area contributed by atoms with Crippen LogP contribution in [0.5, 0.6) is 11.5 Å². The van der Waals surface area contributed by atoms with Crippen LogP contribution in [0.15, 0.2) is 47.3 Å². The highest BCUT2D eigenvalue weighted by Gasteiger charge is 2.10. The van der Waals surface area contributed by atoms with E-state index in [-0.39, 0.29) is 12.2 Å². The summed E-state index contributed by atoms with van der Waals surface area (Å²) in [6.45, 7) is 4.80. The molecule has 6 heteroatoms. The van der Waals surface area contributed by atoms with Crippen LogP contribution in [0, 0.1) is 13.8 Å². The Balaban J connectivity index is 1.58. The first-order valence-corrected chi connectivity index (χ1v) is 9.26. The Hall–Kier alpha value is -2.83. The smallest absolute Gasteiger partial charge is 0.252 e. The number of aryl methyl sites for hydroxylation is 2. The minimum absolute atomic E-state index is 0.117. The van der Waals surface area contributed by atoms with Crippen molar-refractivity contribution in [3.63, 3.8) is 0 Å². The highest BCUT2D eigenvalue weighted by atomic mass is 16.5. The van der Waals surface area contributed by atoms with Gasteiger partial charge in [-0.15, -0.1) is 0 Å². The normalized spacial score (nSPS) is 12.1. The molecule has 0 amide bonds. The number of ether oxygens (including phenoxy) is 2. The number of para-hydroxylation sites is 2. The molecule has 28 heavy (non-hydrogen) atoms. The fourth-order valence-electron chi connectivity index (χ4n) is 3.11. The molecule has 0 spiro atoms. The first-order valence-electron chi connectivity index (χ1n) is 9.26. The molecule has 2 aromatic carbocycles. The molecular weight excluding hydrogens is 356 g/mol. The molecular formula is C22H26N2O4. The quantitative estimate of drug-likeness (QED) is 0.558. The SMILES string of the molecule is COc1ccccc1OC[C@H](O)CNCc1cc2c(C)ccc(C)c2[nH]c1=O. The number of methoxy groups -OCH3 is 1. The number of rotatable bonds is 8. The zero-order valence-electron chi connectivity index (χ0n) is 16.4. The second-order valence-corrected chi connectivity index (χ2v) is 6.86. The van der Waals surface area contributed by atoms with Gasteiger partial charge in [0.1, 0.15) is 12.7 Å². The van der Waals surface area contributed by atoms with Crippen molar-refractivity contribution in [3.8, 4) is 11.5 Å². The van der Waals surface area contributed by atoms with Crippen molar-refractivity contribution in [2.24, 2.45) is 0 Å². The van der Waals surface area contributed by atoms with Gasteiger partial charge in [0.25, 0.3) is 5.56 Å². The van der Waals surface area contributed by atoms with Crippen LogP contribution in [0.25, 0.3) is 10.9 Å². The molecule has 3 rings (SSSR count). The fourth-order valence-corrected chi connectivity index (χ4v) is 3.11. The van der Waals surface area contributed by atoms with E-state index in [9.17, 15) is 9.90 Å². The molecule has 0 aliphatic carbocycles. The summed E-state index contributed by atoms with van der Waals surface area (Å²) >= 11 is 0. The number of aliphatic hydroxyl groups excluding tert-OH is 1. The van der Waals surface area contributed by atoms with Crippen LogP contribution < -0.4 is 20.3 Å². The Morgan fingerprint density at radius 2 is 1.82 bits per heavy atom. The van der Waals surface area contributed by atoms with Crippen molar-refractivity contribution >= 4 is 10.9 Å². The third-order valence-electron chi connectivity index (χ3n) is 4.72. The summed E-state index contributed by atoms with van der Waals surface area (Å²) in [6.07, 6.45) is -0.714. The molecule has 0 saturated heterocycles. The molecule has 1 heterocycles. The van der Waals surface area contributed by atoms with E-state index in [1.807, 2.05) is 44.2 Å². The van der Waals surface area contributed by atoms with Crippen LogP contribution in [0.4, 0.5) is 0 Å². The van der Waals surface area contributed by atoms with Gasteiger partial charge >= 0.3 is 0 Å². The number of aromatic amines is 1. The molecule has 0 bridgehead atoms. The third-order valence-corrected chi connectivity index (χ3v) is 4.72. The van der Waals surface area contributed by atoms with E-state index < -0.39 is 6.10 Å². The number of benzene rings is 2. The fraction of sp³-hybridized carbons (Fsp3) is 0.318. The van der Waals surface area contributed by atoms with Gasteiger partial charge in [-0.3, -0.25) is 4.79 Å². The van der Waals surface area contributed by atoms with Gasteiger partial charge in [0.05, 0.1) is 12.6 Å². The zero-order valence-corrected chi connectivity index (χ0v) is 16.4. The largest absolute Gasteiger partial charge is 0.493 e. The van der Waals surface area contributed by atoms with E-state index in [0.717, 1.165) is 22.0 Å². The highest BCUT2D eigenvalue weighted by Crippen LogP contribution is 2.25. The van der Waals surface area contributed by atoms with E-state index >= 15 is 0 Å². The van der Waals surface area contributed by atoms with E-state index in [1.54, 1.807) is 19.2 Å². The molecule has 0 aliphatic heterocycles. The van der Waals surface area contributed by atoms with Crippen LogP contribution in [0.2, 0.25) is 0 Å². The lowest BCUT2D eigenvalue weighted by atomic mass is 10.0. The molecule has 0 radical (unpaired) electrons. The van der Waals surface area contributed by atoms with Crippen LogP contribution in [-0.2, 0) is 6.54 Å². The van der Waals surface area contributed by atoms with Gasteiger partial charge in [-0.25, -0.2) is 0 Å². The molecule has 0 aliphatic rings. The summed E-state index contributed by atoms with van der Waals surface area (Å²) in [7, 11) is 1.57. The maximum absolute atomic E-state index is 12.4. The van der Waals surface area contributed by atoms with E-state index in [4.69, 9.17) is 9.47 Å². The number of hydrogen-bond donors (Lipinski definition) is 3. The Kier molecular flexibility index (Phi) is 6.34. The molecule has 3 aromatic rings. The maximum atomic E-state index is 12.4. The van der Waals surface area contributed by atoms with Crippen LogP contribution in [-0.4, -0.2) is 36.5 Å². The molecule has 0 saturated carbocycles. The van der Waals surface area contributed by atoms with Gasteiger partial charge in [-0.2, -0.15) is 0 Å². The first-order chi connectivity index (χ1) is 13.5. The van der Waals surface area contributed by atoms with Crippen molar-refractivity contribution in [1.29, 1.82) is 0 Å². The highest BCUT2D eigenvalue weighted by molar-refractivity contribution is 5.85. The van der Waals surface area contributed by atoms with E-state index in [2.05, 4.69) is 10.3 Å². The van der Waals surface area contributed by atoms with Gasteiger partial charge < -0.3 is 24.9 Å². The predicted molar refractivity (Wildman–Crippen MR) is 110 cm³/mol. The summed E-state index contributed by atoms with van der Waals surface area (Å²) in [4.78, 5) is 15.3. The summed E-state index contributed by atoms with van der Waals surface area (Å²) in [5, 5.41) is 14.3. The van der Waals surface area contributed by atoms with Crippen molar-refractivity contribution in [2.45, 2.75) is 26.5 Å². The first kappa shape index (κ1) is 19.9. The molecule has 0 unspecified atom stereocenters. The number of pyridine rings is 1. The number of fused-ring (bicyclic) bond motifs is 1. The van der Waals surface area contributed by atoms with Gasteiger partial charge in [0.15, 0.2) is 11.5 Å². The second kappa shape index (κ2) is 8.91. The summed E-state index contributed by atoms with van der Waals surface area (Å²) in [5.74, 6) is 1.21. The zero-order chi connectivity index (χ0) is 20.1. The number of aromatic nitrogens is 1. The van der Waals surface area contributed by atoms with Crippen molar-refractivity contribution in [2.75, 3.05) is 20.3 Å². The number of hydrogen-bond acceptors (Lipinski definition) is 5. The van der Waals surface area contributed by atoms with E-state index in [1.165, 1.54) is 0 Å². The average molecular weight is 382 g/mol. The lowest BCUT2D eigenvalue weighted by Crippen LogP contribution is -2.32. The monoisotopic (exact) mass is 382 g/mol. The van der Waals surface area contributed by atoms with Gasteiger partial charge in [-0.05, 0) is 43.2 Å². The van der Waals surface area contributed by atoms with Crippen LogP contribution in [0.1, 0.15) is 16.7 Å². The van der Waals surface area contributed by atoms with Crippen molar-refractivity contribution in [3.05, 3.63) is 69.5 Å². The molecule has 0 fully saturated rings. The standard InChI is InChI=1S/C22H26N2O4/c1-14-8-9-15(2)21-18(14)10-16(22(26)24-21)11-23-12-17(25)13-28-20-7-5-4-6-19(20)27-3/h4-10,17,23,25H,11-13H2,1-3H3,(H,24,26)/t17-/m1/s1. The van der Waals surface area contributed by atoms with Crippen molar-refractivity contribution in [1.82, 2.24) is 10.3 Å². The Labute approximate surface area is 164 Å². The molecule has 1 aromatic heterocycles. The van der Waals surface area contributed by atoms with Crippen LogP contribution >= 0.6 is 0 Å². The lowest BCUT2D eigenvalue weighted by Gasteiger charge is -2.15. The molecule has 1 atom stereocenters. The summed E-state index contributed by atoms with van der Waals surface area (Å²) in [5.41, 5.74) is 3.55. The van der Waals surface area contributed by atoms with Crippen LogP contribution in [0.3, 0.4) is 0 Å². The summed E-state index contributed by atoms with van der Waals surface area (Å²) in [6, 6.07) is 13.3. The lowest BCUT2D eigenvalue weighted by molar-refractivity contribution is 0.104. The van der Waals surface area contributed by atoms with Gasteiger partial charge in [0.2, 0.25) is 0 Å². The van der Waals surface area contributed by atoms with Crippen molar-refractivity contribution < 1.29 is 14.6 Å². The number of aliphatic hydroxyl groups is 1.